The van der Waals surface area contributed by atoms with Crippen LogP contribution >= 0.6 is 35.0 Å². The topological polar surface area (TPSA) is 69.0 Å². The van der Waals surface area contributed by atoms with Gasteiger partial charge in [0.15, 0.2) is 17.1 Å². The number of para-hydroxylation sites is 1. The molecule has 0 aliphatic carbocycles. The van der Waals surface area contributed by atoms with Crippen LogP contribution in [-0.2, 0) is 11.3 Å². The molecule has 1 amide bonds. The number of carbonyl (C=O) groups is 1. The number of hydrogen-bond acceptors (Lipinski definition) is 5. The highest BCUT2D eigenvalue weighted by Gasteiger charge is 2.20. The number of nitrogens with one attached hydrogen (secondary N) is 1. The third-order valence-corrected chi connectivity index (χ3v) is 6.21. The summed E-state index contributed by atoms with van der Waals surface area (Å²) < 4.78 is 8.03. The van der Waals surface area contributed by atoms with Crippen LogP contribution in [0, 0.1) is 13.8 Å². The minimum Gasteiger partial charge on any atom is -0.482 e. The van der Waals surface area contributed by atoms with Crippen molar-refractivity contribution in [3.05, 3.63) is 76.0 Å². The number of carbonyl (C=O) groups excluding carboxylic acids is 1. The standard InChI is InChI=1S/C23H24Cl2N4O2S/c1-5-11-29-22(16(4)31-19-10-9-14(2)12-15(19)3)27-28-23(29)32-13-20(30)26-21-17(24)7-6-8-18(21)25/h5-10,12,16H,1,11,13H2,2-4H3,(H,26,30). The number of hydrogen-bond donors (Lipinski definition) is 1. The van der Waals surface area contributed by atoms with Crippen LogP contribution in [0.15, 0.2) is 54.2 Å². The van der Waals surface area contributed by atoms with Crippen LogP contribution in [0.1, 0.15) is 30.0 Å². The predicted octanol–water partition coefficient (Wildman–Crippen LogP) is 6.26. The molecule has 0 saturated carbocycles. The van der Waals surface area contributed by atoms with Crippen molar-refractivity contribution in [1.29, 1.82) is 0 Å². The van der Waals surface area contributed by atoms with E-state index in [1.54, 1.807) is 24.3 Å². The second-order valence-corrected chi connectivity index (χ2v) is 8.96. The molecular weight excluding hydrogens is 467 g/mol. The molecule has 9 heteroatoms. The largest absolute Gasteiger partial charge is 0.482 e. The van der Waals surface area contributed by atoms with E-state index in [2.05, 4.69) is 28.2 Å². The van der Waals surface area contributed by atoms with Gasteiger partial charge in [-0.2, -0.15) is 0 Å². The highest BCUT2D eigenvalue weighted by atomic mass is 35.5. The van der Waals surface area contributed by atoms with Gasteiger partial charge in [0.1, 0.15) is 5.75 Å². The highest BCUT2D eigenvalue weighted by Crippen LogP contribution is 2.31. The Morgan fingerprint density at radius 1 is 1.25 bits per heavy atom. The van der Waals surface area contributed by atoms with Crippen molar-refractivity contribution in [3.8, 4) is 5.75 Å². The van der Waals surface area contributed by atoms with Gasteiger partial charge < -0.3 is 10.1 Å². The van der Waals surface area contributed by atoms with Crippen molar-refractivity contribution in [3.63, 3.8) is 0 Å². The van der Waals surface area contributed by atoms with E-state index >= 15 is 0 Å². The van der Waals surface area contributed by atoms with Crippen LogP contribution < -0.4 is 10.1 Å². The zero-order chi connectivity index (χ0) is 23.3. The number of amides is 1. The molecule has 0 spiro atoms. The van der Waals surface area contributed by atoms with Gasteiger partial charge in [-0.15, -0.1) is 16.8 Å². The lowest BCUT2D eigenvalue weighted by Gasteiger charge is -2.17. The van der Waals surface area contributed by atoms with E-state index in [1.807, 2.05) is 37.5 Å². The van der Waals surface area contributed by atoms with Crippen molar-refractivity contribution < 1.29 is 9.53 Å². The molecular formula is C23H24Cl2N4O2S. The van der Waals surface area contributed by atoms with Crippen LogP contribution in [-0.4, -0.2) is 26.4 Å². The van der Waals surface area contributed by atoms with Crippen molar-refractivity contribution in [2.24, 2.45) is 0 Å². The van der Waals surface area contributed by atoms with E-state index in [1.165, 1.54) is 17.3 Å². The number of aromatic nitrogens is 3. The van der Waals surface area contributed by atoms with Gasteiger partial charge in [-0.1, -0.05) is 64.8 Å². The molecule has 0 radical (unpaired) electrons. The molecule has 3 aromatic rings. The van der Waals surface area contributed by atoms with Gasteiger partial charge in [0.2, 0.25) is 5.91 Å². The Hall–Kier alpha value is -2.48. The summed E-state index contributed by atoms with van der Waals surface area (Å²) in [7, 11) is 0. The summed E-state index contributed by atoms with van der Waals surface area (Å²) >= 11 is 13.5. The third kappa shape index (κ3) is 5.85. The maximum atomic E-state index is 12.5. The van der Waals surface area contributed by atoms with E-state index in [4.69, 9.17) is 27.9 Å². The number of rotatable bonds is 9. The summed E-state index contributed by atoms with van der Waals surface area (Å²) in [5.74, 6) is 1.31. The van der Waals surface area contributed by atoms with Gasteiger partial charge in [0, 0.05) is 6.54 Å². The van der Waals surface area contributed by atoms with Crippen LogP contribution in [0.25, 0.3) is 0 Å². The van der Waals surface area contributed by atoms with Gasteiger partial charge in [-0.3, -0.25) is 9.36 Å². The van der Waals surface area contributed by atoms with Crippen molar-refractivity contribution in [2.45, 2.75) is 38.6 Å². The third-order valence-electron chi connectivity index (χ3n) is 4.61. The van der Waals surface area contributed by atoms with Gasteiger partial charge in [-0.05, 0) is 44.5 Å². The zero-order valence-corrected chi connectivity index (χ0v) is 20.4. The molecule has 6 nitrogen and oxygen atoms in total. The Kier molecular flexibility index (Phi) is 8.23. The summed E-state index contributed by atoms with van der Waals surface area (Å²) in [6.07, 6.45) is 1.42. The number of allylic oxidation sites excluding steroid dienone is 1. The Bertz CT molecular complexity index is 1110. The molecule has 32 heavy (non-hydrogen) atoms. The first-order valence-electron chi connectivity index (χ1n) is 9.94. The molecule has 168 valence electrons. The van der Waals surface area contributed by atoms with E-state index in [0.717, 1.165) is 11.3 Å². The number of halogens is 2. The summed E-state index contributed by atoms with van der Waals surface area (Å²) in [5, 5.41) is 12.7. The number of nitrogens with zero attached hydrogens (tertiary/aromatic N) is 3. The molecule has 1 atom stereocenters. The van der Waals surface area contributed by atoms with E-state index in [-0.39, 0.29) is 17.8 Å². The smallest absolute Gasteiger partial charge is 0.234 e. The van der Waals surface area contributed by atoms with Gasteiger partial charge in [-0.25, -0.2) is 0 Å². The minimum atomic E-state index is -0.339. The molecule has 1 N–H and O–H groups in total. The molecule has 3 rings (SSSR count). The summed E-state index contributed by atoms with van der Waals surface area (Å²) in [4.78, 5) is 12.5. The van der Waals surface area contributed by atoms with Crippen molar-refractivity contribution in [2.75, 3.05) is 11.1 Å². The highest BCUT2D eigenvalue weighted by molar-refractivity contribution is 7.99. The Morgan fingerprint density at radius 2 is 1.97 bits per heavy atom. The number of benzene rings is 2. The van der Waals surface area contributed by atoms with Crippen molar-refractivity contribution >= 4 is 46.6 Å². The lowest BCUT2D eigenvalue weighted by molar-refractivity contribution is -0.113. The Morgan fingerprint density at radius 3 is 2.62 bits per heavy atom. The number of ether oxygens (including phenoxy) is 1. The molecule has 1 unspecified atom stereocenters. The van der Waals surface area contributed by atoms with E-state index in [0.29, 0.717) is 33.3 Å². The number of aryl methyl sites for hydroxylation is 2. The second-order valence-electron chi connectivity index (χ2n) is 7.20. The molecule has 0 aliphatic rings. The first kappa shape index (κ1) is 24.2. The number of anilines is 1. The molecule has 0 saturated heterocycles. The van der Waals surface area contributed by atoms with E-state index in [9.17, 15) is 4.79 Å². The molecule has 0 bridgehead atoms. The summed E-state index contributed by atoms with van der Waals surface area (Å²) in [6, 6.07) is 11.1. The first-order valence-corrected chi connectivity index (χ1v) is 11.7. The quantitative estimate of drug-likeness (QED) is 0.283. The predicted molar refractivity (Wildman–Crippen MR) is 131 cm³/mol. The Balaban J connectivity index is 1.71. The van der Waals surface area contributed by atoms with Gasteiger partial charge in [0.05, 0.1) is 21.5 Å². The van der Waals surface area contributed by atoms with Crippen molar-refractivity contribution in [1.82, 2.24) is 14.8 Å². The fraction of sp³-hybridized carbons (Fsp3) is 0.261. The maximum Gasteiger partial charge on any atom is 0.234 e. The second kappa shape index (κ2) is 10.9. The fourth-order valence-electron chi connectivity index (χ4n) is 3.11. The average Bonchev–Trinajstić information content (AvgIpc) is 3.14. The van der Waals surface area contributed by atoms with Crippen LogP contribution in [0.2, 0.25) is 10.0 Å². The lowest BCUT2D eigenvalue weighted by Crippen LogP contribution is -2.16. The molecule has 0 fully saturated rings. The molecule has 0 aliphatic heterocycles. The minimum absolute atomic E-state index is 0.114. The molecule has 2 aromatic carbocycles. The monoisotopic (exact) mass is 490 g/mol. The zero-order valence-electron chi connectivity index (χ0n) is 18.1. The molecule has 1 heterocycles. The SMILES string of the molecule is C=CCn1c(SCC(=O)Nc2c(Cl)cccc2Cl)nnc1C(C)Oc1ccc(C)cc1C. The average molecular weight is 491 g/mol. The summed E-state index contributed by atoms with van der Waals surface area (Å²) in [5.41, 5.74) is 2.62. The van der Waals surface area contributed by atoms with E-state index < -0.39 is 0 Å². The Labute approximate surface area is 202 Å². The summed E-state index contributed by atoms with van der Waals surface area (Å²) in [6.45, 7) is 10.3. The lowest BCUT2D eigenvalue weighted by atomic mass is 10.1. The van der Waals surface area contributed by atoms with Crippen LogP contribution in [0.5, 0.6) is 5.75 Å². The fourth-order valence-corrected chi connectivity index (χ4v) is 4.35. The maximum absolute atomic E-state index is 12.5. The van der Waals surface area contributed by atoms with Crippen LogP contribution in [0.3, 0.4) is 0 Å². The normalized spacial score (nSPS) is 11.8. The van der Waals surface area contributed by atoms with Gasteiger partial charge >= 0.3 is 0 Å². The molecule has 1 aromatic heterocycles. The first-order chi connectivity index (χ1) is 15.3. The number of thioether (sulfide) groups is 1. The van der Waals surface area contributed by atoms with Gasteiger partial charge in [0.25, 0.3) is 0 Å². The van der Waals surface area contributed by atoms with Crippen LogP contribution in [0.4, 0.5) is 5.69 Å².